The summed E-state index contributed by atoms with van der Waals surface area (Å²) in [7, 11) is -5.87. The van der Waals surface area contributed by atoms with E-state index in [4.69, 9.17) is 8.23 Å². The van der Waals surface area contributed by atoms with E-state index in [9.17, 15) is 20.3 Å². The van der Waals surface area contributed by atoms with Crippen LogP contribution in [0.25, 0.3) is 0 Å². The van der Waals surface area contributed by atoms with Crippen LogP contribution < -0.4 is 10.2 Å². The van der Waals surface area contributed by atoms with Gasteiger partial charge >= 0.3 is 8.56 Å². The molecule has 0 bridgehead atoms. The molecule has 0 unspecified atom stereocenters. The minimum absolute atomic E-state index is 0.0277. The van der Waals surface area contributed by atoms with Crippen LogP contribution in [0.1, 0.15) is 6.42 Å². The number of hydrogen-bond donors (Lipinski definition) is 3. The first-order valence-corrected chi connectivity index (χ1v) is 20.4. The maximum Gasteiger partial charge on any atom is 0.314 e. The van der Waals surface area contributed by atoms with Gasteiger partial charge in [0, 0.05) is 31.4 Å². The topological polar surface area (TPSA) is 117 Å². The van der Waals surface area contributed by atoms with Crippen molar-refractivity contribution in [3.8, 4) is 0 Å². The van der Waals surface area contributed by atoms with Crippen molar-refractivity contribution in [3.05, 3.63) is 28.3 Å². The van der Waals surface area contributed by atoms with Gasteiger partial charge in [0.2, 0.25) is 0 Å². The molecule has 12 heteroatoms. The van der Waals surface area contributed by atoms with Crippen molar-refractivity contribution in [3.63, 3.8) is 0 Å². The first kappa shape index (κ1) is 28.7. The monoisotopic (exact) mass is 503 g/mol. The smallest absolute Gasteiger partial charge is 0.314 e. The van der Waals surface area contributed by atoms with E-state index in [2.05, 4.69) is 51.1 Å². The van der Waals surface area contributed by atoms with Crippen molar-refractivity contribution in [1.82, 2.24) is 0 Å². The van der Waals surface area contributed by atoms with Crippen LogP contribution in [0.5, 0.6) is 0 Å². The summed E-state index contributed by atoms with van der Waals surface area (Å²) in [5, 5.41) is 33.3. The predicted molar refractivity (Wildman–Crippen MR) is 138 cm³/mol. The molecule has 0 fully saturated rings. The third kappa shape index (κ3) is 10.6. The zero-order valence-electron chi connectivity index (χ0n) is 20.6. The molecule has 0 saturated carbocycles. The highest BCUT2D eigenvalue weighted by molar-refractivity contribution is 6.87. The highest BCUT2D eigenvalue weighted by Crippen LogP contribution is 2.30. The summed E-state index contributed by atoms with van der Waals surface area (Å²) in [5.74, 6) is 0. The number of nitro benzene ring substituents is 1. The van der Waals surface area contributed by atoms with Crippen LogP contribution in [0.3, 0.4) is 0 Å². The van der Waals surface area contributed by atoms with Gasteiger partial charge in [-0.3, -0.25) is 10.1 Å². The summed E-state index contributed by atoms with van der Waals surface area (Å²) in [5.41, 5.74) is 1.02. The van der Waals surface area contributed by atoms with E-state index in [0.29, 0.717) is 31.0 Å². The largest absolute Gasteiger partial charge is 0.437 e. The van der Waals surface area contributed by atoms with Crippen LogP contribution in [0.15, 0.2) is 18.2 Å². The molecule has 1 aromatic rings. The highest BCUT2D eigenvalue weighted by atomic mass is 28.5. The Morgan fingerprint density at radius 1 is 1.00 bits per heavy atom. The Hall–Kier alpha value is -1.29. The zero-order valence-corrected chi connectivity index (χ0v) is 23.6. The molecule has 3 N–H and O–H groups in total. The van der Waals surface area contributed by atoms with Gasteiger partial charge in [-0.25, -0.2) is 0 Å². The first-order chi connectivity index (χ1) is 14.7. The molecule has 0 spiro atoms. The van der Waals surface area contributed by atoms with Gasteiger partial charge in [-0.2, -0.15) is 0 Å². The molecule has 0 radical (unpaired) electrons. The van der Waals surface area contributed by atoms with Gasteiger partial charge in [0.1, 0.15) is 5.69 Å². The molecule has 0 heterocycles. The average molecular weight is 504 g/mol. The highest BCUT2D eigenvalue weighted by Gasteiger charge is 2.39. The quantitative estimate of drug-likeness (QED) is 0.142. The summed E-state index contributed by atoms with van der Waals surface area (Å²) < 4.78 is 13.0. The molecule has 1 aromatic carbocycles. The Balaban J connectivity index is 2.88. The second-order valence-corrected chi connectivity index (χ2v) is 22.8. The lowest BCUT2D eigenvalue weighted by Crippen LogP contribution is -2.52. The van der Waals surface area contributed by atoms with Crippen LogP contribution in [0.4, 0.5) is 17.1 Å². The van der Waals surface area contributed by atoms with Gasteiger partial charge in [0.05, 0.1) is 18.1 Å². The second kappa shape index (κ2) is 12.3. The number of nitro groups is 1. The summed E-state index contributed by atoms with van der Waals surface area (Å²) in [6, 6.07) is 5.75. The van der Waals surface area contributed by atoms with E-state index >= 15 is 0 Å². The number of anilines is 2. The van der Waals surface area contributed by atoms with E-state index < -0.39 is 30.1 Å². The molecule has 0 aliphatic heterocycles. The lowest BCUT2D eigenvalue weighted by Gasteiger charge is -2.38. The fourth-order valence-corrected chi connectivity index (χ4v) is 16.2. The molecule has 32 heavy (non-hydrogen) atoms. The normalized spacial score (nSPS) is 12.7. The molecule has 184 valence electrons. The third-order valence-corrected chi connectivity index (χ3v) is 14.1. The second-order valence-electron chi connectivity index (χ2n) is 9.99. The van der Waals surface area contributed by atoms with Crippen LogP contribution in [-0.2, 0) is 8.23 Å². The molecule has 0 saturated heterocycles. The van der Waals surface area contributed by atoms with Gasteiger partial charge in [-0.1, -0.05) is 0 Å². The average Bonchev–Trinajstić information content (AvgIpc) is 2.62. The number of aliphatic hydroxyl groups excluding tert-OH is 2. The summed E-state index contributed by atoms with van der Waals surface area (Å²) >= 11 is 0. The number of rotatable bonds is 15. The molecule has 9 nitrogen and oxygen atoms in total. The Kier molecular flexibility index (Phi) is 11.0. The third-order valence-electron chi connectivity index (χ3n) is 4.45. The molecular weight excluding hydrogens is 462 g/mol. The summed E-state index contributed by atoms with van der Waals surface area (Å²) in [6.45, 7) is 16.1. The first-order valence-electron chi connectivity index (χ1n) is 11.1. The molecule has 0 aromatic heterocycles. The van der Waals surface area contributed by atoms with Crippen molar-refractivity contribution in [2.45, 2.75) is 58.3 Å². The van der Waals surface area contributed by atoms with Crippen molar-refractivity contribution in [1.29, 1.82) is 0 Å². The predicted octanol–water partition coefficient (Wildman–Crippen LogP) is 3.96. The number of hydrogen-bond acceptors (Lipinski definition) is 8. The van der Waals surface area contributed by atoms with Crippen molar-refractivity contribution in [2.75, 3.05) is 43.1 Å². The van der Waals surface area contributed by atoms with Gasteiger partial charge < -0.3 is 28.7 Å². The molecule has 0 aliphatic carbocycles. The van der Waals surface area contributed by atoms with Crippen LogP contribution in [0, 0.1) is 10.1 Å². The van der Waals surface area contributed by atoms with Gasteiger partial charge in [-0.05, 0) is 70.4 Å². The summed E-state index contributed by atoms with van der Waals surface area (Å²) in [4.78, 5) is 12.9. The van der Waals surface area contributed by atoms with Crippen molar-refractivity contribution in [2.24, 2.45) is 0 Å². The Morgan fingerprint density at radius 2 is 1.53 bits per heavy atom. The molecular formula is C20H41N3O6Si3. The number of nitrogens with zero attached hydrogens (tertiary/aromatic N) is 2. The van der Waals surface area contributed by atoms with Gasteiger partial charge in [0.15, 0.2) is 16.6 Å². The maximum atomic E-state index is 11.6. The van der Waals surface area contributed by atoms with Crippen LogP contribution >= 0.6 is 0 Å². The van der Waals surface area contributed by atoms with E-state index in [1.54, 1.807) is 17.0 Å². The fraction of sp³-hybridized carbons (Fsp3) is 0.700. The lowest BCUT2D eigenvalue weighted by molar-refractivity contribution is -0.383. The SMILES string of the molecule is C[Si](C)(C)O[Si](C)(CCCNc1ccc(N(CCO)CCO)cc1[N+](=O)[O-])O[Si](C)(C)C. The summed E-state index contributed by atoms with van der Waals surface area (Å²) in [6.07, 6.45) is 0.789. The van der Waals surface area contributed by atoms with Crippen molar-refractivity contribution < 1.29 is 23.4 Å². The van der Waals surface area contributed by atoms with Crippen molar-refractivity contribution >= 4 is 42.3 Å². The standard InChI is InChI=1S/C20H41N3O6Si3/c1-30(2,3)28-32(7,29-31(4,5)6)16-8-11-21-19-10-9-18(17-20(19)23(26)27)22(12-14-24)13-15-25/h9-10,17,21,24-25H,8,11-16H2,1-7H3. The van der Waals surface area contributed by atoms with Gasteiger partial charge in [0.25, 0.3) is 5.69 Å². The number of nitrogens with one attached hydrogen (secondary N) is 1. The minimum atomic E-state index is -2.34. The van der Waals surface area contributed by atoms with E-state index in [-0.39, 0.29) is 18.9 Å². The Labute approximate surface area is 195 Å². The lowest BCUT2D eigenvalue weighted by atomic mass is 10.2. The maximum absolute atomic E-state index is 11.6. The molecule has 0 amide bonds. The van der Waals surface area contributed by atoms with E-state index in [1.807, 2.05) is 0 Å². The Morgan fingerprint density at radius 3 is 1.97 bits per heavy atom. The Bertz CT molecular complexity index is 718. The van der Waals surface area contributed by atoms with E-state index in [0.717, 1.165) is 12.5 Å². The van der Waals surface area contributed by atoms with Crippen LogP contribution in [-0.4, -0.2) is 73.2 Å². The zero-order chi connectivity index (χ0) is 24.6. The number of aliphatic hydroxyl groups is 2. The van der Waals surface area contributed by atoms with Gasteiger partial charge in [-0.15, -0.1) is 0 Å². The molecule has 0 aliphatic rings. The minimum Gasteiger partial charge on any atom is -0.437 e. The van der Waals surface area contributed by atoms with Crippen LogP contribution in [0.2, 0.25) is 51.9 Å². The molecule has 0 atom stereocenters. The van der Waals surface area contributed by atoms with E-state index in [1.165, 1.54) is 6.07 Å². The fourth-order valence-electron chi connectivity index (χ4n) is 3.68. The molecule has 1 rings (SSSR count). The number of benzene rings is 1.